The average Bonchev–Trinajstić information content (AvgIpc) is 3.16. The van der Waals surface area contributed by atoms with Gasteiger partial charge in [0.15, 0.2) is 0 Å². The average molecular weight is 337 g/mol. The van der Waals surface area contributed by atoms with E-state index in [-0.39, 0.29) is 13.1 Å². The zero-order chi connectivity index (χ0) is 17.2. The molecule has 0 aliphatic carbocycles. The molecule has 5 nitrogen and oxygen atoms in total. The number of halogens is 3. The first-order chi connectivity index (χ1) is 11.4. The van der Waals surface area contributed by atoms with E-state index in [1.54, 1.807) is 30.3 Å². The Bertz CT molecular complexity index is 825. The maximum atomic E-state index is 12.8. The SMILES string of the molecule is O=C(Cn1cnc2ccccc21)N(Cc1ccco1)CC(F)(F)F. The quantitative estimate of drug-likeness (QED) is 0.718. The number of furan rings is 1. The summed E-state index contributed by atoms with van der Waals surface area (Å²) in [4.78, 5) is 17.3. The van der Waals surface area contributed by atoms with Gasteiger partial charge in [-0.1, -0.05) is 12.1 Å². The Morgan fingerprint density at radius 3 is 2.71 bits per heavy atom. The van der Waals surface area contributed by atoms with Crippen LogP contribution in [0.4, 0.5) is 13.2 Å². The van der Waals surface area contributed by atoms with Crippen LogP contribution >= 0.6 is 0 Å². The second-order valence-electron chi connectivity index (χ2n) is 5.31. The van der Waals surface area contributed by atoms with Crippen LogP contribution in [0.25, 0.3) is 11.0 Å². The minimum atomic E-state index is -4.49. The highest BCUT2D eigenvalue weighted by Crippen LogP contribution is 2.19. The summed E-state index contributed by atoms with van der Waals surface area (Å²) < 4.78 is 44.9. The lowest BCUT2D eigenvalue weighted by atomic mass is 10.3. The molecule has 2 heterocycles. The standard InChI is InChI=1S/C16H14F3N3O2/c17-16(18,19)10-21(8-12-4-3-7-24-12)15(23)9-22-11-20-13-5-1-2-6-14(13)22/h1-7,11H,8-10H2. The van der Waals surface area contributed by atoms with E-state index < -0.39 is 18.6 Å². The molecule has 0 spiro atoms. The molecule has 0 saturated heterocycles. The number of aromatic nitrogens is 2. The summed E-state index contributed by atoms with van der Waals surface area (Å²) in [7, 11) is 0. The number of fused-ring (bicyclic) bond motifs is 1. The van der Waals surface area contributed by atoms with Gasteiger partial charge < -0.3 is 13.9 Å². The first-order valence-corrected chi connectivity index (χ1v) is 7.19. The highest BCUT2D eigenvalue weighted by molar-refractivity contribution is 5.80. The smallest absolute Gasteiger partial charge is 0.406 e. The maximum Gasteiger partial charge on any atom is 0.406 e. The predicted octanol–water partition coefficient (Wildman–Crippen LogP) is 3.22. The van der Waals surface area contributed by atoms with Crippen molar-refractivity contribution in [2.45, 2.75) is 19.3 Å². The van der Waals surface area contributed by atoms with Gasteiger partial charge in [0, 0.05) is 0 Å². The van der Waals surface area contributed by atoms with Gasteiger partial charge in [-0.05, 0) is 24.3 Å². The van der Waals surface area contributed by atoms with E-state index in [2.05, 4.69) is 4.98 Å². The Kier molecular flexibility index (Phi) is 4.28. The normalized spacial score (nSPS) is 11.8. The highest BCUT2D eigenvalue weighted by Gasteiger charge is 2.33. The van der Waals surface area contributed by atoms with Gasteiger partial charge in [0.2, 0.25) is 5.91 Å². The molecule has 0 atom stereocenters. The van der Waals surface area contributed by atoms with Crippen molar-refractivity contribution in [3.05, 3.63) is 54.7 Å². The molecule has 2 aromatic heterocycles. The van der Waals surface area contributed by atoms with Crippen LogP contribution in [-0.4, -0.2) is 33.1 Å². The van der Waals surface area contributed by atoms with Crippen molar-refractivity contribution < 1.29 is 22.4 Å². The summed E-state index contributed by atoms with van der Waals surface area (Å²) in [6, 6.07) is 10.2. The molecule has 0 unspecified atom stereocenters. The van der Waals surface area contributed by atoms with Crippen molar-refractivity contribution in [3.63, 3.8) is 0 Å². The first-order valence-electron chi connectivity index (χ1n) is 7.19. The molecular weight excluding hydrogens is 323 g/mol. The lowest BCUT2D eigenvalue weighted by molar-refractivity contribution is -0.163. The number of carbonyl (C=O) groups excluding carboxylic acids is 1. The molecule has 3 rings (SSSR count). The number of amides is 1. The minimum Gasteiger partial charge on any atom is -0.467 e. The second-order valence-corrected chi connectivity index (χ2v) is 5.31. The Morgan fingerprint density at radius 1 is 1.21 bits per heavy atom. The number of hydrogen-bond acceptors (Lipinski definition) is 3. The first kappa shape index (κ1) is 16.1. The third-order valence-electron chi connectivity index (χ3n) is 3.48. The van der Waals surface area contributed by atoms with Crippen molar-refractivity contribution >= 4 is 16.9 Å². The summed E-state index contributed by atoms with van der Waals surface area (Å²) in [6.45, 7) is -1.80. The Morgan fingerprint density at radius 2 is 2.00 bits per heavy atom. The van der Waals surface area contributed by atoms with Gasteiger partial charge in [-0.15, -0.1) is 0 Å². The van der Waals surface area contributed by atoms with Crippen LogP contribution in [0, 0.1) is 0 Å². The molecule has 1 aromatic carbocycles. The van der Waals surface area contributed by atoms with Crippen LogP contribution in [0.3, 0.4) is 0 Å². The summed E-state index contributed by atoms with van der Waals surface area (Å²) in [5.41, 5.74) is 1.37. The fourth-order valence-corrected chi connectivity index (χ4v) is 2.42. The lowest BCUT2D eigenvalue weighted by Crippen LogP contribution is -2.40. The van der Waals surface area contributed by atoms with E-state index in [1.165, 1.54) is 23.2 Å². The Balaban J connectivity index is 1.79. The van der Waals surface area contributed by atoms with Gasteiger partial charge in [0.25, 0.3) is 0 Å². The Labute approximate surface area is 135 Å². The molecule has 24 heavy (non-hydrogen) atoms. The Hall–Kier alpha value is -2.77. The number of rotatable bonds is 5. The summed E-state index contributed by atoms with van der Waals surface area (Å²) in [6.07, 6.45) is -1.69. The van der Waals surface area contributed by atoms with E-state index in [9.17, 15) is 18.0 Å². The predicted molar refractivity (Wildman–Crippen MR) is 79.9 cm³/mol. The van der Waals surface area contributed by atoms with Gasteiger partial charge in [-0.2, -0.15) is 13.2 Å². The highest BCUT2D eigenvalue weighted by atomic mass is 19.4. The number of nitrogens with zero attached hydrogens (tertiary/aromatic N) is 3. The maximum absolute atomic E-state index is 12.8. The van der Waals surface area contributed by atoms with Crippen molar-refractivity contribution in [3.8, 4) is 0 Å². The third kappa shape index (κ3) is 3.76. The molecule has 0 fully saturated rings. The number of imidazole rings is 1. The summed E-state index contributed by atoms with van der Waals surface area (Å²) >= 11 is 0. The van der Waals surface area contributed by atoms with Crippen LogP contribution in [0.1, 0.15) is 5.76 Å². The number of alkyl halides is 3. The van der Waals surface area contributed by atoms with Crippen molar-refractivity contribution in [2.75, 3.05) is 6.54 Å². The number of hydrogen-bond donors (Lipinski definition) is 0. The van der Waals surface area contributed by atoms with Gasteiger partial charge in [0.1, 0.15) is 18.8 Å². The molecule has 0 aliphatic heterocycles. The van der Waals surface area contributed by atoms with Crippen LogP contribution < -0.4 is 0 Å². The van der Waals surface area contributed by atoms with Crippen LogP contribution in [0.2, 0.25) is 0 Å². The van der Waals surface area contributed by atoms with Gasteiger partial charge in [0.05, 0.1) is 30.2 Å². The topological polar surface area (TPSA) is 51.3 Å². The zero-order valence-electron chi connectivity index (χ0n) is 12.5. The lowest BCUT2D eigenvalue weighted by Gasteiger charge is -2.23. The molecule has 126 valence electrons. The van der Waals surface area contributed by atoms with E-state index in [4.69, 9.17) is 4.42 Å². The summed E-state index contributed by atoms with van der Waals surface area (Å²) in [5.74, 6) is -0.366. The molecule has 0 aliphatic rings. The van der Waals surface area contributed by atoms with Gasteiger partial charge in [-0.3, -0.25) is 4.79 Å². The minimum absolute atomic E-state index is 0.225. The van der Waals surface area contributed by atoms with Crippen LogP contribution in [0.15, 0.2) is 53.4 Å². The molecular formula is C16H14F3N3O2. The third-order valence-corrected chi connectivity index (χ3v) is 3.48. The van der Waals surface area contributed by atoms with Crippen molar-refractivity contribution in [1.82, 2.24) is 14.5 Å². The fraction of sp³-hybridized carbons (Fsp3) is 0.250. The van der Waals surface area contributed by atoms with E-state index in [0.29, 0.717) is 16.8 Å². The molecule has 0 saturated carbocycles. The molecule has 0 radical (unpaired) electrons. The second kappa shape index (κ2) is 6.38. The molecule has 1 amide bonds. The van der Waals surface area contributed by atoms with E-state index in [1.807, 2.05) is 0 Å². The van der Waals surface area contributed by atoms with Gasteiger partial charge >= 0.3 is 6.18 Å². The van der Waals surface area contributed by atoms with Gasteiger partial charge in [-0.25, -0.2) is 4.98 Å². The number of benzene rings is 1. The largest absolute Gasteiger partial charge is 0.467 e. The van der Waals surface area contributed by atoms with Crippen molar-refractivity contribution in [2.24, 2.45) is 0 Å². The van der Waals surface area contributed by atoms with E-state index in [0.717, 1.165) is 4.90 Å². The van der Waals surface area contributed by atoms with Crippen LogP contribution in [-0.2, 0) is 17.9 Å². The molecule has 0 N–H and O–H groups in total. The zero-order valence-corrected chi connectivity index (χ0v) is 12.5. The number of para-hydroxylation sites is 2. The molecule has 0 bridgehead atoms. The fourth-order valence-electron chi connectivity index (χ4n) is 2.42. The monoisotopic (exact) mass is 337 g/mol. The molecule has 8 heteroatoms. The summed E-state index contributed by atoms with van der Waals surface area (Å²) in [5, 5.41) is 0. The number of carbonyl (C=O) groups is 1. The van der Waals surface area contributed by atoms with Crippen molar-refractivity contribution in [1.29, 1.82) is 0 Å². The van der Waals surface area contributed by atoms with E-state index >= 15 is 0 Å². The van der Waals surface area contributed by atoms with Crippen LogP contribution in [0.5, 0.6) is 0 Å². The molecule has 3 aromatic rings.